The van der Waals surface area contributed by atoms with Crippen LogP contribution in [0.2, 0.25) is 0 Å². The first-order valence-electron chi connectivity index (χ1n) is 5.30. The summed E-state index contributed by atoms with van der Waals surface area (Å²) in [5.74, 6) is -1.00. The van der Waals surface area contributed by atoms with Gasteiger partial charge in [-0.25, -0.2) is 9.78 Å². The first-order valence-corrected chi connectivity index (χ1v) is 6.11. The molecule has 2 heterocycles. The van der Waals surface area contributed by atoms with Gasteiger partial charge in [-0.15, -0.1) is 11.3 Å². The van der Waals surface area contributed by atoms with Crippen LogP contribution in [0.15, 0.2) is 0 Å². The van der Waals surface area contributed by atoms with Crippen LogP contribution in [0.25, 0.3) is 0 Å². The molecule has 94 valence electrons. The van der Waals surface area contributed by atoms with Gasteiger partial charge >= 0.3 is 5.97 Å². The molecule has 0 spiro atoms. The van der Waals surface area contributed by atoms with Crippen LogP contribution in [0.4, 0.5) is 5.13 Å². The number of aliphatic hydroxyl groups is 1. The van der Waals surface area contributed by atoms with Gasteiger partial charge in [0.2, 0.25) is 0 Å². The number of aromatic carboxylic acids is 1. The smallest absolute Gasteiger partial charge is 0.355 e. The Balaban J connectivity index is 2.16. The van der Waals surface area contributed by atoms with Gasteiger partial charge in [-0.3, -0.25) is 0 Å². The van der Waals surface area contributed by atoms with Gasteiger partial charge < -0.3 is 19.8 Å². The molecule has 17 heavy (non-hydrogen) atoms. The Bertz CT molecular complexity index is 420. The van der Waals surface area contributed by atoms with E-state index >= 15 is 0 Å². The van der Waals surface area contributed by atoms with Crippen LogP contribution >= 0.6 is 11.3 Å². The molecule has 6 nitrogen and oxygen atoms in total. The predicted molar refractivity (Wildman–Crippen MR) is 62.8 cm³/mol. The highest BCUT2D eigenvalue weighted by atomic mass is 32.1. The van der Waals surface area contributed by atoms with Crippen LogP contribution in [0, 0.1) is 6.92 Å². The molecule has 1 aliphatic rings. The lowest BCUT2D eigenvalue weighted by Gasteiger charge is -2.31. The summed E-state index contributed by atoms with van der Waals surface area (Å²) in [5, 5.41) is 18.7. The summed E-state index contributed by atoms with van der Waals surface area (Å²) in [6.45, 7) is 3.44. The number of carboxylic acid groups (broad SMARTS) is 1. The van der Waals surface area contributed by atoms with Crippen molar-refractivity contribution in [2.24, 2.45) is 0 Å². The number of aryl methyl sites for hydroxylation is 1. The zero-order valence-corrected chi connectivity index (χ0v) is 10.2. The molecule has 1 aromatic heterocycles. The molecule has 1 fully saturated rings. The largest absolute Gasteiger partial charge is 0.476 e. The van der Waals surface area contributed by atoms with Crippen molar-refractivity contribution >= 4 is 22.4 Å². The van der Waals surface area contributed by atoms with Crippen LogP contribution in [-0.2, 0) is 4.74 Å². The van der Waals surface area contributed by atoms with Gasteiger partial charge in [0.25, 0.3) is 0 Å². The number of carbonyl (C=O) groups is 1. The minimum atomic E-state index is -1.00. The van der Waals surface area contributed by atoms with E-state index in [1.807, 2.05) is 4.90 Å². The van der Waals surface area contributed by atoms with Gasteiger partial charge in [-0.1, -0.05) is 0 Å². The Labute approximate surface area is 102 Å². The first kappa shape index (κ1) is 12.3. The fourth-order valence-corrected chi connectivity index (χ4v) is 2.66. The third-order valence-electron chi connectivity index (χ3n) is 2.60. The minimum Gasteiger partial charge on any atom is -0.476 e. The number of hydrogen-bond acceptors (Lipinski definition) is 6. The van der Waals surface area contributed by atoms with Gasteiger partial charge in [0, 0.05) is 18.0 Å². The number of aliphatic hydroxyl groups excluding tert-OH is 1. The Morgan fingerprint density at radius 3 is 3.06 bits per heavy atom. The average Bonchev–Trinajstić information content (AvgIpc) is 2.71. The van der Waals surface area contributed by atoms with Crippen molar-refractivity contribution in [3.05, 3.63) is 10.6 Å². The van der Waals surface area contributed by atoms with Crippen molar-refractivity contribution in [1.82, 2.24) is 4.98 Å². The molecular formula is C10H14N2O4S. The lowest BCUT2D eigenvalue weighted by Crippen LogP contribution is -2.44. The zero-order valence-electron chi connectivity index (χ0n) is 9.42. The van der Waals surface area contributed by atoms with Crippen LogP contribution < -0.4 is 4.90 Å². The van der Waals surface area contributed by atoms with Crippen molar-refractivity contribution in [2.75, 3.05) is 31.2 Å². The number of aromatic nitrogens is 1. The second kappa shape index (κ2) is 4.99. The van der Waals surface area contributed by atoms with E-state index in [9.17, 15) is 4.79 Å². The van der Waals surface area contributed by atoms with Crippen molar-refractivity contribution in [1.29, 1.82) is 0 Å². The van der Waals surface area contributed by atoms with Crippen LogP contribution in [0.5, 0.6) is 0 Å². The average molecular weight is 258 g/mol. The van der Waals surface area contributed by atoms with E-state index < -0.39 is 5.97 Å². The number of ether oxygens (including phenoxy) is 1. The number of anilines is 1. The summed E-state index contributed by atoms with van der Waals surface area (Å²) >= 11 is 1.36. The maximum absolute atomic E-state index is 10.9. The van der Waals surface area contributed by atoms with Gasteiger partial charge in [0.15, 0.2) is 10.8 Å². The number of thiazole rings is 1. The van der Waals surface area contributed by atoms with Crippen molar-refractivity contribution in [3.63, 3.8) is 0 Å². The minimum absolute atomic E-state index is 0.0351. The van der Waals surface area contributed by atoms with E-state index in [1.165, 1.54) is 11.3 Å². The van der Waals surface area contributed by atoms with E-state index in [4.69, 9.17) is 14.9 Å². The number of morpholine rings is 1. The maximum Gasteiger partial charge on any atom is 0.355 e. The molecule has 0 bridgehead atoms. The zero-order chi connectivity index (χ0) is 12.4. The number of hydrogen-bond donors (Lipinski definition) is 2. The Morgan fingerprint density at radius 1 is 1.71 bits per heavy atom. The van der Waals surface area contributed by atoms with Crippen molar-refractivity contribution < 1.29 is 19.7 Å². The third-order valence-corrected chi connectivity index (χ3v) is 3.63. The number of carboxylic acids is 1. The molecule has 2 rings (SSSR count). The molecular weight excluding hydrogens is 244 g/mol. The van der Waals surface area contributed by atoms with E-state index in [1.54, 1.807) is 6.92 Å². The maximum atomic E-state index is 10.9. The molecule has 0 radical (unpaired) electrons. The molecule has 1 atom stereocenters. The van der Waals surface area contributed by atoms with E-state index in [0.29, 0.717) is 29.7 Å². The summed E-state index contributed by atoms with van der Waals surface area (Å²) in [7, 11) is 0. The number of rotatable bonds is 3. The predicted octanol–water partition coefficient (Wildman–Crippen LogP) is 0.347. The van der Waals surface area contributed by atoms with Crippen LogP contribution in [0.3, 0.4) is 0 Å². The van der Waals surface area contributed by atoms with Gasteiger partial charge in [0.05, 0.1) is 19.3 Å². The SMILES string of the molecule is Cc1sc(N2CCOC(CO)C2)nc1C(=O)O. The lowest BCUT2D eigenvalue weighted by atomic mass is 10.3. The highest BCUT2D eigenvalue weighted by Gasteiger charge is 2.24. The summed E-state index contributed by atoms with van der Waals surface area (Å²) in [5.41, 5.74) is 0.108. The van der Waals surface area contributed by atoms with Gasteiger partial charge in [-0.2, -0.15) is 0 Å². The number of nitrogens with zero attached hydrogens (tertiary/aromatic N) is 2. The summed E-state index contributed by atoms with van der Waals surface area (Å²) in [4.78, 5) is 17.7. The highest BCUT2D eigenvalue weighted by molar-refractivity contribution is 7.15. The molecule has 1 aromatic rings. The van der Waals surface area contributed by atoms with Crippen molar-refractivity contribution in [2.45, 2.75) is 13.0 Å². The van der Waals surface area contributed by atoms with E-state index in [-0.39, 0.29) is 18.4 Å². The van der Waals surface area contributed by atoms with E-state index in [2.05, 4.69) is 4.98 Å². The van der Waals surface area contributed by atoms with Crippen LogP contribution in [0.1, 0.15) is 15.4 Å². The molecule has 2 N–H and O–H groups in total. The Hall–Kier alpha value is -1.18. The second-order valence-corrected chi connectivity index (χ2v) is 5.01. The van der Waals surface area contributed by atoms with Crippen LogP contribution in [-0.4, -0.2) is 53.6 Å². The fraction of sp³-hybridized carbons (Fsp3) is 0.600. The molecule has 0 aromatic carbocycles. The molecule has 0 saturated carbocycles. The van der Waals surface area contributed by atoms with Crippen molar-refractivity contribution in [3.8, 4) is 0 Å². The summed E-state index contributed by atoms with van der Waals surface area (Å²) in [6, 6.07) is 0. The fourth-order valence-electron chi connectivity index (χ4n) is 1.72. The monoisotopic (exact) mass is 258 g/mol. The second-order valence-electron chi connectivity index (χ2n) is 3.83. The summed E-state index contributed by atoms with van der Waals surface area (Å²) < 4.78 is 5.33. The van der Waals surface area contributed by atoms with E-state index in [0.717, 1.165) is 0 Å². The molecule has 1 saturated heterocycles. The Morgan fingerprint density at radius 2 is 2.47 bits per heavy atom. The molecule has 0 aliphatic carbocycles. The quantitative estimate of drug-likeness (QED) is 0.814. The molecule has 1 unspecified atom stereocenters. The first-order chi connectivity index (χ1) is 8.11. The normalized spacial score (nSPS) is 20.6. The molecule has 7 heteroatoms. The topological polar surface area (TPSA) is 82.9 Å². The van der Waals surface area contributed by atoms with Gasteiger partial charge in [-0.05, 0) is 6.92 Å². The third kappa shape index (κ3) is 2.56. The lowest BCUT2D eigenvalue weighted by molar-refractivity contribution is 0.00355. The summed E-state index contributed by atoms with van der Waals surface area (Å²) in [6.07, 6.45) is -0.221. The highest BCUT2D eigenvalue weighted by Crippen LogP contribution is 2.27. The standard InChI is InChI=1S/C10H14N2O4S/c1-6-8(9(14)15)11-10(17-6)12-2-3-16-7(4-12)5-13/h7,13H,2-5H2,1H3,(H,14,15). The Kier molecular flexibility index (Phi) is 3.60. The molecule has 0 amide bonds. The molecule has 1 aliphatic heterocycles. The van der Waals surface area contributed by atoms with Gasteiger partial charge in [0.1, 0.15) is 0 Å².